The van der Waals surface area contributed by atoms with Gasteiger partial charge in [0.1, 0.15) is 30.9 Å². The van der Waals surface area contributed by atoms with E-state index >= 15 is 0 Å². The summed E-state index contributed by atoms with van der Waals surface area (Å²) in [5.74, 6) is -0.642. The molecule has 1 aromatic carbocycles. The standard InChI is InChI=1S/C20H16F3N7O2/c1-10(11-3-2-4-12(15(11)21)16(22)23)27-17-13-7-14(29-5-6-32-20(29)31)19-28-26-9-30(19)18(13)25-8-24-17/h2-4,7-10,16H,5-6H2,1H3,(H,24,25,27)/t10-/m1/s1. The van der Waals surface area contributed by atoms with E-state index in [-0.39, 0.29) is 12.2 Å². The molecule has 164 valence electrons. The van der Waals surface area contributed by atoms with Crippen LogP contribution in [0.5, 0.6) is 0 Å². The molecule has 0 saturated carbocycles. The van der Waals surface area contributed by atoms with Crippen molar-refractivity contribution in [1.82, 2.24) is 24.6 Å². The van der Waals surface area contributed by atoms with Crippen molar-refractivity contribution in [2.45, 2.75) is 19.4 Å². The fourth-order valence-electron chi connectivity index (χ4n) is 3.76. The number of benzene rings is 1. The third-order valence-corrected chi connectivity index (χ3v) is 5.31. The Hall–Kier alpha value is -3.96. The Morgan fingerprint density at radius 1 is 1.19 bits per heavy atom. The van der Waals surface area contributed by atoms with Crippen molar-refractivity contribution in [3.05, 3.63) is 53.9 Å². The average Bonchev–Trinajstić information content (AvgIpc) is 3.43. The van der Waals surface area contributed by atoms with Gasteiger partial charge >= 0.3 is 6.09 Å². The summed E-state index contributed by atoms with van der Waals surface area (Å²) in [7, 11) is 0. The Morgan fingerprint density at radius 2 is 2.00 bits per heavy atom. The van der Waals surface area contributed by atoms with Crippen LogP contribution in [0.4, 0.5) is 29.5 Å². The minimum absolute atomic E-state index is 0.0725. The Morgan fingerprint density at radius 3 is 2.75 bits per heavy atom. The number of cyclic esters (lactones) is 1. The lowest BCUT2D eigenvalue weighted by Crippen LogP contribution is -2.24. The van der Waals surface area contributed by atoms with Gasteiger partial charge < -0.3 is 10.1 Å². The van der Waals surface area contributed by atoms with Crippen LogP contribution < -0.4 is 10.2 Å². The lowest BCUT2D eigenvalue weighted by Gasteiger charge is -2.19. The summed E-state index contributed by atoms with van der Waals surface area (Å²) >= 11 is 0. The highest BCUT2D eigenvalue weighted by Crippen LogP contribution is 2.33. The van der Waals surface area contributed by atoms with Crippen LogP contribution in [-0.2, 0) is 4.74 Å². The zero-order chi connectivity index (χ0) is 22.4. The fourth-order valence-corrected chi connectivity index (χ4v) is 3.76. The lowest BCUT2D eigenvalue weighted by molar-refractivity contribution is 0.146. The van der Waals surface area contributed by atoms with Crippen molar-refractivity contribution in [3.63, 3.8) is 0 Å². The molecule has 0 aliphatic carbocycles. The van der Waals surface area contributed by atoms with E-state index in [9.17, 15) is 18.0 Å². The van der Waals surface area contributed by atoms with Crippen LogP contribution in [0, 0.1) is 5.82 Å². The smallest absolute Gasteiger partial charge is 0.414 e. The summed E-state index contributed by atoms with van der Waals surface area (Å²) in [4.78, 5) is 22.1. The van der Waals surface area contributed by atoms with Crippen LogP contribution in [0.2, 0.25) is 0 Å². The lowest BCUT2D eigenvalue weighted by atomic mass is 10.0. The largest absolute Gasteiger partial charge is 0.447 e. The number of hydrogen-bond acceptors (Lipinski definition) is 7. The third kappa shape index (κ3) is 3.15. The van der Waals surface area contributed by atoms with Crippen LogP contribution in [0.1, 0.15) is 30.5 Å². The molecular weight excluding hydrogens is 427 g/mol. The van der Waals surface area contributed by atoms with Gasteiger partial charge in [0.05, 0.1) is 29.2 Å². The van der Waals surface area contributed by atoms with Crippen molar-refractivity contribution in [2.24, 2.45) is 0 Å². The van der Waals surface area contributed by atoms with Gasteiger partial charge in [-0.3, -0.25) is 9.30 Å². The molecular formula is C20H16F3N7O2. The first-order valence-corrected chi connectivity index (χ1v) is 9.70. The van der Waals surface area contributed by atoms with Gasteiger partial charge in [0.2, 0.25) is 0 Å². The van der Waals surface area contributed by atoms with Gasteiger partial charge in [-0.25, -0.2) is 27.9 Å². The second-order valence-corrected chi connectivity index (χ2v) is 7.20. The maximum absolute atomic E-state index is 14.6. The minimum atomic E-state index is -2.92. The topological polar surface area (TPSA) is 97.5 Å². The van der Waals surface area contributed by atoms with Gasteiger partial charge in [0.15, 0.2) is 11.3 Å². The molecule has 3 aromatic heterocycles. The molecule has 1 fully saturated rings. The number of carbonyl (C=O) groups is 1. The molecule has 1 amide bonds. The molecule has 1 atom stereocenters. The highest BCUT2D eigenvalue weighted by Gasteiger charge is 2.28. The van der Waals surface area contributed by atoms with Gasteiger partial charge in [0, 0.05) is 5.56 Å². The SMILES string of the molecule is C[C@@H](Nc1ncnc2c1cc(N1CCOC1=O)c1nncn12)c1cccc(C(F)F)c1F. The number of halogens is 3. The molecule has 12 heteroatoms. The van der Waals surface area contributed by atoms with E-state index in [1.165, 1.54) is 29.7 Å². The molecule has 1 N–H and O–H groups in total. The van der Waals surface area contributed by atoms with Crippen molar-refractivity contribution in [3.8, 4) is 0 Å². The predicted molar refractivity (Wildman–Crippen MR) is 108 cm³/mol. The molecule has 1 aliphatic rings. The van der Waals surface area contributed by atoms with Crippen LogP contribution in [0.3, 0.4) is 0 Å². The fraction of sp³-hybridized carbons (Fsp3) is 0.250. The molecule has 0 unspecified atom stereocenters. The monoisotopic (exact) mass is 443 g/mol. The number of nitrogens with zero attached hydrogens (tertiary/aromatic N) is 6. The van der Waals surface area contributed by atoms with Crippen LogP contribution in [-0.4, -0.2) is 43.8 Å². The summed E-state index contributed by atoms with van der Waals surface area (Å²) in [5, 5.41) is 11.6. The van der Waals surface area contributed by atoms with Gasteiger partial charge in [-0.05, 0) is 13.0 Å². The molecule has 4 aromatic rings. The van der Waals surface area contributed by atoms with Gasteiger partial charge in [-0.15, -0.1) is 10.2 Å². The highest BCUT2D eigenvalue weighted by molar-refractivity contribution is 6.00. The van der Waals surface area contributed by atoms with E-state index in [2.05, 4.69) is 25.5 Å². The van der Waals surface area contributed by atoms with E-state index in [1.807, 2.05) is 0 Å². The van der Waals surface area contributed by atoms with E-state index < -0.39 is 29.9 Å². The van der Waals surface area contributed by atoms with Crippen LogP contribution >= 0.6 is 0 Å². The van der Waals surface area contributed by atoms with E-state index in [1.54, 1.807) is 17.4 Å². The number of alkyl halides is 2. The molecule has 1 aliphatic heterocycles. The molecule has 32 heavy (non-hydrogen) atoms. The van der Waals surface area contributed by atoms with Crippen LogP contribution in [0.25, 0.3) is 16.7 Å². The molecule has 0 bridgehead atoms. The quantitative estimate of drug-likeness (QED) is 0.500. The summed E-state index contributed by atoms with van der Waals surface area (Å²) in [6.07, 6.45) is -0.673. The second-order valence-electron chi connectivity index (χ2n) is 7.20. The number of pyridine rings is 1. The van der Waals surface area contributed by atoms with E-state index in [0.717, 1.165) is 6.07 Å². The van der Waals surface area contributed by atoms with Crippen molar-refractivity contribution in [1.29, 1.82) is 0 Å². The van der Waals surface area contributed by atoms with Crippen molar-refractivity contribution < 1.29 is 22.7 Å². The zero-order valence-electron chi connectivity index (χ0n) is 16.7. The number of fused-ring (bicyclic) bond motifs is 3. The number of carbonyl (C=O) groups excluding carboxylic acids is 1. The number of anilines is 2. The summed E-state index contributed by atoms with van der Waals surface area (Å²) in [6.45, 7) is 2.22. The van der Waals surface area contributed by atoms with Gasteiger partial charge in [-0.2, -0.15) is 0 Å². The summed E-state index contributed by atoms with van der Waals surface area (Å²) < 4.78 is 47.5. The molecule has 9 nitrogen and oxygen atoms in total. The first-order chi connectivity index (χ1) is 15.5. The first kappa shape index (κ1) is 20.0. The number of aromatic nitrogens is 5. The maximum Gasteiger partial charge on any atom is 0.414 e. The Balaban J connectivity index is 1.61. The number of rotatable bonds is 5. The molecule has 5 rings (SSSR count). The molecule has 4 heterocycles. The zero-order valence-corrected chi connectivity index (χ0v) is 16.7. The number of nitrogens with one attached hydrogen (secondary N) is 1. The molecule has 0 radical (unpaired) electrons. The molecule has 0 spiro atoms. The number of ether oxygens (including phenoxy) is 1. The second kappa shape index (κ2) is 7.62. The van der Waals surface area contributed by atoms with Gasteiger partial charge in [0.25, 0.3) is 6.43 Å². The number of amides is 1. The van der Waals surface area contributed by atoms with Crippen molar-refractivity contribution in [2.75, 3.05) is 23.4 Å². The normalized spacial score (nSPS) is 15.0. The van der Waals surface area contributed by atoms with Crippen molar-refractivity contribution >= 4 is 34.3 Å². The first-order valence-electron chi connectivity index (χ1n) is 9.70. The molecule has 1 saturated heterocycles. The predicted octanol–water partition coefficient (Wildman–Crippen LogP) is 3.88. The van der Waals surface area contributed by atoms with Crippen LogP contribution in [0.15, 0.2) is 36.9 Å². The Labute approximate surface area is 178 Å². The Bertz CT molecular complexity index is 1340. The Kier molecular flexibility index (Phi) is 4.76. The third-order valence-electron chi connectivity index (χ3n) is 5.31. The van der Waals surface area contributed by atoms with E-state index in [4.69, 9.17) is 4.74 Å². The minimum Gasteiger partial charge on any atom is -0.447 e. The van der Waals surface area contributed by atoms with E-state index in [0.29, 0.717) is 34.7 Å². The number of hydrogen-bond donors (Lipinski definition) is 1. The maximum atomic E-state index is 14.6. The highest BCUT2D eigenvalue weighted by atomic mass is 19.3. The van der Waals surface area contributed by atoms with Gasteiger partial charge in [-0.1, -0.05) is 18.2 Å². The summed E-state index contributed by atoms with van der Waals surface area (Å²) in [5.41, 5.74) is 0.722. The average molecular weight is 443 g/mol. The summed E-state index contributed by atoms with van der Waals surface area (Å²) in [6, 6.07) is 4.86.